The van der Waals surface area contributed by atoms with Gasteiger partial charge in [-0.15, -0.1) is 0 Å². The third kappa shape index (κ3) is 3.53. The molecule has 3 heteroatoms. The van der Waals surface area contributed by atoms with Crippen molar-refractivity contribution in [2.75, 3.05) is 0 Å². The van der Waals surface area contributed by atoms with Crippen LogP contribution in [0, 0.1) is 5.92 Å². The zero-order chi connectivity index (χ0) is 15.2. The Hall–Kier alpha value is -2.16. The first-order chi connectivity index (χ1) is 10.8. The highest BCUT2D eigenvalue weighted by atomic mass is 16.5. The number of hydrogen-bond acceptors (Lipinski definition) is 3. The minimum atomic E-state index is -0.348. The summed E-state index contributed by atoms with van der Waals surface area (Å²) in [5, 5.41) is 0. The first-order valence-electron chi connectivity index (χ1n) is 8.00. The van der Waals surface area contributed by atoms with Crippen molar-refractivity contribution in [2.24, 2.45) is 5.92 Å². The summed E-state index contributed by atoms with van der Waals surface area (Å²) in [7, 11) is 0. The number of rotatable bonds is 4. The van der Waals surface area contributed by atoms with Crippen LogP contribution in [0.5, 0.6) is 0 Å². The van der Waals surface area contributed by atoms with E-state index in [9.17, 15) is 4.79 Å². The lowest BCUT2D eigenvalue weighted by atomic mass is 9.89. The largest absolute Gasteiger partial charge is 0.452 e. The number of pyridine rings is 1. The highest BCUT2D eigenvalue weighted by molar-refractivity contribution is 5.73. The van der Waals surface area contributed by atoms with E-state index in [4.69, 9.17) is 4.74 Å². The van der Waals surface area contributed by atoms with Crippen LogP contribution in [0.3, 0.4) is 0 Å². The van der Waals surface area contributed by atoms with Crippen molar-refractivity contribution >= 4 is 5.97 Å². The summed E-state index contributed by atoms with van der Waals surface area (Å²) in [6.45, 7) is 0. The molecule has 0 N–H and O–H groups in total. The molecule has 0 radical (unpaired) electrons. The van der Waals surface area contributed by atoms with Crippen molar-refractivity contribution in [1.82, 2.24) is 4.98 Å². The van der Waals surface area contributed by atoms with E-state index >= 15 is 0 Å². The number of carbonyl (C=O) groups is 1. The molecule has 1 saturated carbocycles. The summed E-state index contributed by atoms with van der Waals surface area (Å²) in [6, 6.07) is 13.7. The Bertz CT molecular complexity index is 552. The molecule has 114 valence electrons. The van der Waals surface area contributed by atoms with Gasteiger partial charge in [0.2, 0.25) is 0 Å². The second-order valence-corrected chi connectivity index (χ2v) is 5.84. The second-order valence-electron chi connectivity index (χ2n) is 5.84. The predicted octanol–water partition coefficient (Wildman–Crippen LogP) is 4.29. The summed E-state index contributed by atoms with van der Waals surface area (Å²) in [5.41, 5.74) is 1.96. The lowest BCUT2D eigenvalue weighted by Crippen LogP contribution is -2.23. The van der Waals surface area contributed by atoms with Gasteiger partial charge < -0.3 is 4.74 Å². The average molecular weight is 295 g/mol. The Morgan fingerprint density at radius 3 is 2.27 bits per heavy atom. The Kier molecular flexibility index (Phi) is 4.84. The van der Waals surface area contributed by atoms with Crippen molar-refractivity contribution in [3.8, 4) is 0 Å². The molecule has 0 amide bonds. The van der Waals surface area contributed by atoms with E-state index < -0.39 is 0 Å². The molecule has 1 aromatic heterocycles. The third-order valence-electron chi connectivity index (χ3n) is 4.28. The molecule has 2 aromatic rings. The van der Waals surface area contributed by atoms with Crippen molar-refractivity contribution in [3.05, 3.63) is 66.0 Å². The summed E-state index contributed by atoms with van der Waals surface area (Å²) in [4.78, 5) is 16.6. The van der Waals surface area contributed by atoms with E-state index in [1.165, 1.54) is 6.42 Å². The van der Waals surface area contributed by atoms with Crippen LogP contribution < -0.4 is 0 Å². The smallest absolute Gasteiger partial charge is 0.309 e. The van der Waals surface area contributed by atoms with Gasteiger partial charge >= 0.3 is 5.97 Å². The average Bonchev–Trinajstić information content (AvgIpc) is 2.62. The molecule has 0 bridgehead atoms. The number of esters is 1. The van der Waals surface area contributed by atoms with E-state index in [0.717, 1.165) is 36.8 Å². The molecule has 1 aromatic carbocycles. The van der Waals surface area contributed by atoms with Gasteiger partial charge in [0.1, 0.15) is 0 Å². The fraction of sp³-hybridized carbons (Fsp3) is 0.368. The van der Waals surface area contributed by atoms with Crippen LogP contribution in [0.25, 0.3) is 0 Å². The standard InChI is InChI=1S/C19H21NO2/c21-19(17-9-5-2-6-10-17)22-18(15-7-3-1-4-8-15)16-11-13-20-14-12-16/h1,3-4,7-8,11-14,17-18H,2,5-6,9-10H2. The maximum absolute atomic E-state index is 12.5. The number of carbonyl (C=O) groups excluding carboxylic acids is 1. The number of aromatic nitrogens is 1. The molecule has 1 fully saturated rings. The zero-order valence-electron chi connectivity index (χ0n) is 12.7. The number of nitrogens with zero attached hydrogens (tertiary/aromatic N) is 1. The molecule has 0 saturated heterocycles. The molecule has 1 aliphatic rings. The SMILES string of the molecule is O=C(OC(c1ccccc1)c1ccncc1)C1CCCCC1. The predicted molar refractivity (Wildman–Crippen MR) is 85.2 cm³/mol. The van der Waals surface area contributed by atoms with Gasteiger partial charge in [-0.3, -0.25) is 9.78 Å². The van der Waals surface area contributed by atoms with E-state index in [1.54, 1.807) is 12.4 Å². The molecular formula is C19H21NO2. The molecule has 22 heavy (non-hydrogen) atoms. The molecule has 3 rings (SSSR count). The van der Waals surface area contributed by atoms with Crippen LogP contribution in [-0.2, 0) is 9.53 Å². The minimum absolute atomic E-state index is 0.0572. The summed E-state index contributed by atoms with van der Waals surface area (Å²) in [5.74, 6) is -0.00725. The van der Waals surface area contributed by atoms with E-state index in [1.807, 2.05) is 42.5 Å². The highest BCUT2D eigenvalue weighted by Crippen LogP contribution is 2.30. The van der Waals surface area contributed by atoms with Crippen molar-refractivity contribution in [3.63, 3.8) is 0 Å². The lowest BCUT2D eigenvalue weighted by molar-refractivity contribution is -0.153. The van der Waals surface area contributed by atoms with Gasteiger partial charge in [-0.1, -0.05) is 49.6 Å². The van der Waals surface area contributed by atoms with E-state index in [2.05, 4.69) is 4.98 Å². The summed E-state index contributed by atoms with van der Waals surface area (Å²) >= 11 is 0. The van der Waals surface area contributed by atoms with Gasteiger partial charge in [-0.2, -0.15) is 0 Å². The number of hydrogen-bond donors (Lipinski definition) is 0. The van der Waals surface area contributed by atoms with Crippen LogP contribution in [0.1, 0.15) is 49.3 Å². The maximum atomic E-state index is 12.5. The highest BCUT2D eigenvalue weighted by Gasteiger charge is 2.26. The zero-order valence-corrected chi connectivity index (χ0v) is 12.7. The molecule has 1 unspecified atom stereocenters. The first kappa shape index (κ1) is 14.8. The number of benzene rings is 1. The van der Waals surface area contributed by atoms with Gasteiger partial charge in [0.25, 0.3) is 0 Å². The van der Waals surface area contributed by atoms with Gasteiger partial charge in [0, 0.05) is 18.0 Å². The van der Waals surface area contributed by atoms with E-state index in [-0.39, 0.29) is 18.0 Å². The van der Waals surface area contributed by atoms with Crippen LogP contribution >= 0.6 is 0 Å². The first-order valence-corrected chi connectivity index (χ1v) is 8.00. The maximum Gasteiger partial charge on any atom is 0.309 e. The molecule has 0 spiro atoms. The Morgan fingerprint density at radius 2 is 1.59 bits per heavy atom. The Balaban J connectivity index is 1.81. The van der Waals surface area contributed by atoms with Gasteiger partial charge in [0.05, 0.1) is 5.92 Å². The lowest BCUT2D eigenvalue weighted by Gasteiger charge is -2.24. The van der Waals surface area contributed by atoms with Gasteiger partial charge in [0.15, 0.2) is 6.10 Å². The normalized spacial score (nSPS) is 16.9. The quantitative estimate of drug-likeness (QED) is 0.790. The fourth-order valence-corrected chi connectivity index (χ4v) is 3.05. The van der Waals surface area contributed by atoms with Crippen LogP contribution in [0.2, 0.25) is 0 Å². The molecule has 1 heterocycles. The second kappa shape index (κ2) is 7.21. The van der Waals surface area contributed by atoms with Crippen LogP contribution in [0.4, 0.5) is 0 Å². The van der Waals surface area contributed by atoms with Crippen LogP contribution in [0.15, 0.2) is 54.9 Å². The minimum Gasteiger partial charge on any atom is -0.452 e. The Labute approximate surface area is 131 Å². The van der Waals surface area contributed by atoms with Gasteiger partial charge in [-0.05, 0) is 30.5 Å². The fourth-order valence-electron chi connectivity index (χ4n) is 3.05. The van der Waals surface area contributed by atoms with Crippen molar-refractivity contribution < 1.29 is 9.53 Å². The summed E-state index contributed by atoms with van der Waals surface area (Å²) < 4.78 is 5.90. The van der Waals surface area contributed by atoms with E-state index in [0.29, 0.717) is 0 Å². The molecular weight excluding hydrogens is 274 g/mol. The third-order valence-corrected chi connectivity index (χ3v) is 4.28. The Morgan fingerprint density at radius 1 is 0.955 bits per heavy atom. The summed E-state index contributed by atoms with van der Waals surface area (Å²) in [6.07, 6.45) is 8.53. The van der Waals surface area contributed by atoms with Crippen LogP contribution in [-0.4, -0.2) is 11.0 Å². The monoisotopic (exact) mass is 295 g/mol. The topological polar surface area (TPSA) is 39.2 Å². The molecule has 1 aliphatic carbocycles. The molecule has 1 atom stereocenters. The van der Waals surface area contributed by atoms with Crippen molar-refractivity contribution in [2.45, 2.75) is 38.2 Å². The van der Waals surface area contributed by atoms with Gasteiger partial charge in [-0.25, -0.2) is 0 Å². The number of ether oxygens (including phenoxy) is 1. The van der Waals surface area contributed by atoms with Crippen molar-refractivity contribution in [1.29, 1.82) is 0 Å². The molecule has 0 aliphatic heterocycles. The molecule has 3 nitrogen and oxygen atoms in total.